The van der Waals surface area contributed by atoms with Crippen molar-refractivity contribution in [2.24, 2.45) is 0 Å². The SMILES string of the molecule is CC1(Nc2ccc(C(=O)O)cc2Br)CC1. The first-order chi connectivity index (χ1) is 7.00. The third-order valence-corrected chi connectivity index (χ3v) is 3.31. The molecule has 0 atom stereocenters. The minimum atomic E-state index is -0.903. The molecule has 0 aromatic heterocycles. The number of carbonyl (C=O) groups is 1. The van der Waals surface area contributed by atoms with E-state index in [9.17, 15) is 4.79 Å². The number of carboxylic acids is 1. The molecule has 0 saturated heterocycles. The van der Waals surface area contributed by atoms with E-state index >= 15 is 0 Å². The second-order valence-corrected chi connectivity index (χ2v) is 5.04. The first-order valence-corrected chi connectivity index (χ1v) is 5.60. The molecule has 1 aliphatic carbocycles. The summed E-state index contributed by atoms with van der Waals surface area (Å²) in [7, 11) is 0. The van der Waals surface area contributed by atoms with Gasteiger partial charge in [-0.05, 0) is 53.9 Å². The maximum Gasteiger partial charge on any atom is 0.335 e. The fourth-order valence-electron chi connectivity index (χ4n) is 1.39. The molecule has 2 rings (SSSR count). The van der Waals surface area contributed by atoms with Crippen LogP contribution in [0.1, 0.15) is 30.1 Å². The van der Waals surface area contributed by atoms with Crippen molar-refractivity contribution in [1.82, 2.24) is 0 Å². The van der Waals surface area contributed by atoms with Gasteiger partial charge in [-0.25, -0.2) is 4.79 Å². The first kappa shape index (κ1) is 10.5. The number of aromatic carboxylic acids is 1. The number of anilines is 1. The van der Waals surface area contributed by atoms with Gasteiger partial charge in [-0.15, -0.1) is 0 Å². The van der Waals surface area contributed by atoms with Crippen LogP contribution in [0.2, 0.25) is 0 Å². The number of rotatable bonds is 3. The number of carboxylic acid groups (broad SMARTS) is 1. The van der Waals surface area contributed by atoms with E-state index in [-0.39, 0.29) is 5.54 Å². The predicted octanol–water partition coefficient (Wildman–Crippen LogP) is 3.11. The van der Waals surface area contributed by atoms with Gasteiger partial charge in [-0.3, -0.25) is 0 Å². The second-order valence-electron chi connectivity index (χ2n) is 4.19. The van der Waals surface area contributed by atoms with Crippen molar-refractivity contribution in [2.75, 3.05) is 5.32 Å². The van der Waals surface area contributed by atoms with E-state index in [1.807, 2.05) is 0 Å². The highest BCUT2D eigenvalue weighted by atomic mass is 79.9. The number of nitrogens with one attached hydrogen (secondary N) is 1. The molecule has 3 nitrogen and oxygen atoms in total. The van der Waals surface area contributed by atoms with Crippen LogP contribution in [0.5, 0.6) is 0 Å². The predicted molar refractivity (Wildman–Crippen MR) is 62.4 cm³/mol. The van der Waals surface area contributed by atoms with Crippen molar-refractivity contribution in [3.8, 4) is 0 Å². The van der Waals surface area contributed by atoms with Crippen LogP contribution < -0.4 is 5.32 Å². The Morgan fingerprint density at radius 2 is 2.20 bits per heavy atom. The van der Waals surface area contributed by atoms with Crippen LogP contribution in [0.15, 0.2) is 22.7 Å². The number of hydrogen-bond acceptors (Lipinski definition) is 2. The number of hydrogen-bond donors (Lipinski definition) is 2. The molecular formula is C11H12BrNO2. The first-order valence-electron chi connectivity index (χ1n) is 4.81. The molecule has 0 bridgehead atoms. The smallest absolute Gasteiger partial charge is 0.335 e. The quantitative estimate of drug-likeness (QED) is 0.887. The van der Waals surface area contributed by atoms with Gasteiger partial charge in [0.15, 0.2) is 0 Å². The summed E-state index contributed by atoms with van der Waals surface area (Å²) in [4.78, 5) is 10.7. The molecule has 0 unspecified atom stereocenters. The van der Waals surface area contributed by atoms with E-state index in [4.69, 9.17) is 5.11 Å². The Balaban J connectivity index is 2.22. The Morgan fingerprint density at radius 3 is 2.67 bits per heavy atom. The summed E-state index contributed by atoms with van der Waals surface area (Å²) in [5.74, 6) is -0.903. The topological polar surface area (TPSA) is 49.3 Å². The lowest BCUT2D eigenvalue weighted by molar-refractivity contribution is 0.0697. The molecule has 0 aliphatic heterocycles. The van der Waals surface area contributed by atoms with Crippen molar-refractivity contribution < 1.29 is 9.90 Å². The van der Waals surface area contributed by atoms with Gasteiger partial charge in [0.05, 0.1) is 5.56 Å². The highest BCUT2D eigenvalue weighted by Gasteiger charge is 2.37. The van der Waals surface area contributed by atoms with E-state index in [2.05, 4.69) is 28.2 Å². The van der Waals surface area contributed by atoms with Gasteiger partial charge < -0.3 is 10.4 Å². The van der Waals surface area contributed by atoms with Crippen LogP contribution in [-0.2, 0) is 0 Å². The lowest BCUT2D eigenvalue weighted by Crippen LogP contribution is -2.16. The largest absolute Gasteiger partial charge is 0.478 e. The van der Waals surface area contributed by atoms with E-state index in [1.54, 1.807) is 18.2 Å². The van der Waals surface area contributed by atoms with Crippen molar-refractivity contribution in [3.05, 3.63) is 28.2 Å². The van der Waals surface area contributed by atoms with Crippen LogP contribution >= 0.6 is 15.9 Å². The van der Waals surface area contributed by atoms with Gasteiger partial charge in [-0.1, -0.05) is 0 Å². The fourth-order valence-corrected chi connectivity index (χ4v) is 1.87. The zero-order valence-corrected chi connectivity index (χ0v) is 9.97. The third kappa shape index (κ3) is 2.31. The molecule has 0 amide bonds. The molecule has 1 aliphatic rings. The fraction of sp³-hybridized carbons (Fsp3) is 0.364. The van der Waals surface area contributed by atoms with Gasteiger partial charge in [-0.2, -0.15) is 0 Å². The molecule has 1 saturated carbocycles. The molecule has 2 N–H and O–H groups in total. The second kappa shape index (κ2) is 3.52. The maximum absolute atomic E-state index is 10.7. The van der Waals surface area contributed by atoms with Crippen LogP contribution in [0.25, 0.3) is 0 Å². The van der Waals surface area contributed by atoms with E-state index < -0.39 is 5.97 Å². The molecule has 0 radical (unpaired) electrons. The highest BCUT2D eigenvalue weighted by Crippen LogP contribution is 2.39. The number of halogens is 1. The lowest BCUT2D eigenvalue weighted by Gasteiger charge is -2.14. The number of benzene rings is 1. The summed E-state index contributed by atoms with van der Waals surface area (Å²) in [6.45, 7) is 2.16. The third-order valence-electron chi connectivity index (χ3n) is 2.65. The molecular weight excluding hydrogens is 258 g/mol. The minimum absolute atomic E-state index is 0.202. The summed E-state index contributed by atoms with van der Waals surface area (Å²) >= 11 is 3.37. The van der Waals surface area contributed by atoms with Crippen LogP contribution in [0, 0.1) is 0 Å². The van der Waals surface area contributed by atoms with Crippen LogP contribution in [0.3, 0.4) is 0 Å². The van der Waals surface area contributed by atoms with Crippen LogP contribution in [-0.4, -0.2) is 16.6 Å². The molecule has 0 heterocycles. The van der Waals surface area contributed by atoms with Crippen molar-refractivity contribution in [3.63, 3.8) is 0 Å². The summed E-state index contributed by atoms with van der Waals surface area (Å²) in [6.07, 6.45) is 2.33. The Kier molecular flexibility index (Phi) is 2.46. The Labute approximate surface area is 96.6 Å². The average Bonchev–Trinajstić information content (AvgIpc) is 2.87. The van der Waals surface area contributed by atoms with Gasteiger partial charge in [0, 0.05) is 15.7 Å². The molecule has 1 fully saturated rings. The molecule has 80 valence electrons. The summed E-state index contributed by atoms with van der Waals surface area (Å²) < 4.78 is 0.801. The van der Waals surface area contributed by atoms with Crippen molar-refractivity contribution in [1.29, 1.82) is 0 Å². The highest BCUT2D eigenvalue weighted by molar-refractivity contribution is 9.10. The van der Waals surface area contributed by atoms with Gasteiger partial charge in [0.25, 0.3) is 0 Å². The zero-order valence-electron chi connectivity index (χ0n) is 8.38. The molecule has 15 heavy (non-hydrogen) atoms. The summed E-state index contributed by atoms with van der Waals surface area (Å²) in [5.41, 5.74) is 1.46. The van der Waals surface area contributed by atoms with E-state index in [1.165, 1.54) is 12.8 Å². The van der Waals surface area contributed by atoms with Crippen molar-refractivity contribution >= 4 is 27.6 Å². The molecule has 4 heteroatoms. The normalized spacial score (nSPS) is 17.2. The van der Waals surface area contributed by atoms with Crippen LogP contribution in [0.4, 0.5) is 5.69 Å². The van der Waals surface area contributed by atoms with Gasteiger partial charge in [0.2, 0.25) is 0 Å². The van der Waals surface area contributed by atoms with Gasteiger partial charge >= 0.3 is 5.97 Å². The average molecular weight is 270 g/mol. The Hall–Kier alpha value is -1.03. The molecule has 0 spiro atoms. The minimum Gasteiger partial charge on any atom is -0.478 e. The Morgan fingerprint density at radius 1 is 1.53 bits per heavy atom. The zero-order chi connectivity index (χ0) is 11.1. The molecule has 1 aromatic carbocycles. The summed E-state index contributed by atoms with van der Waals surface area (Å²) in [6, 6.07) is 5.04. The van der Waals surface area contributed by atoms with Gasteiger partial charge in [0.1, 0.15) is 0 Å². The Bertz CT molecular complexity index is 413. The van der Waals surface area contributed by atoms with E-state index in [0.29, 0.717) is 5.56 Å². The standard InChI is InChI=1S/C11H12BrNO2/c1-11(4-5-11)13-9-3-2-7(10(14)15)6-8(9)12/h2-3,6,13H,4-5H2,1H3,(H,14,15). The van der Waals surface area contributed by atoms with Crippen molar-refractivity contribution in [2.45, 2.75) is 25.3 Å². The summed E-state index contributed by atoms with van der Waals surface area (Å²) in [5, 5.41) is 12.2. The van der Waals surface area contributed by atoms with E-state index in [0.717, 1.165) is 10.2 Å². The maximum atomic E-state index is 10.7. The lowest BCUT2D eigenvalue weighted by atomic mass is 10.2. The monoisotopic (exact) mass is 269 g/mol. The molecule has 1 aromatic rings.